The molecule has 2 heterocycles. The van der Waals surface area contributed by atoms with Crippen molar-refractivity contribution in [2.24, 2.45) is 10.7 Å². The van der Waals surface area contributed by atoms with E-state index in [0.29, 0.717) is 12.5 Å². The van der Waals surface area contributed by atoms with Crippen molar-refractivity contribution in [2.75, 3.05) is 31.1 Å². The Labute approximate surface area is 139 Å². The van der Waals surface area contributed by atoms with E-state index in [9.17, 15) is 0 Å². The Morgan fingerprint density at radius 3 is 2.50 bits per heavy atom. The Bertz CT molecular complexity index is 616. The van der Waals surface area contributed by atoms with Crippen LogP contribution in [0.2, 0.25) is 5.02 Å². The lowest BCUT2D eigenvalue weighted by Crippen LogP contribution is -2.51. The summed E-state index contributed by atoms with van der Waals surface area (Å²) in [5.41, 5.74) is 8.53. The average molecular weight is 335 g/mol. The number of nitrogens with zero attached hydrogens (tertiary/aromatic N) is 3. The maximum Gasteiger partial charge on any atom is 0.191 e. The lowest BCUT2D eigenvalue weighted by molar-refractivity contribution is 0.380. The molecule has 0 aliphatic carbocycles. The van der Waals surface area contributed by atoms with Crippen LogP contribution in [0.5, 0.6) is 0 Å². The maximum absolute atomic E-state index is 6.11. The zero-order chi connectivity index (χ0) is 15.4. The SMILES string of the molecule is NC(=NCc1ccsc1)N1CCN(c2ccc(Cl)cc2)CC1. The van der Waals surface area contributed by atoms with Gasteiger partial charge in [0.1, 0.15) is 0 Å². The quantitative estimate of drug-likeness (QED) is 0.693. The van der Waals surface area contributed by atoms with Gasteiger partial charge in [-0.2, -0.15) is 11.3 Å². The second-order valence-electron chi connectivity index (χ2n) is 5.26. The van der Waals surface area contributed by atoms with Gasteiger partial charge in [0.2, 0.25) is 0 Å². The summed E-state index contributed by atoms with van der Waals surface area (Å²) >= 11 is 7.62. The standard InChI is InChI=1S/C16H19ClN4S/c17-14-1-3-15(4-2-14)20-6-8-21(9-7-20)16(18)19-11-13-5-10-22-12-13/h1-5,10,12H,6-9,11H2,(H2,18,19). The second-order valence-corrected chi connectivity index (χ2v) is 6.47. The van der Waals surface area contributed by atoms with Gasteiger partial charge >= 0.3 is 0 Å². The predicted molar refractivity (Wildman–Crippen MR) is 94.9 cm³/mol. The molecule has 0 radical (unpaired) electrons. The number of benzene rings is 1. The minimum Gasteiger partial charge on any atom is -0.370 e. The molecular weight excluding hydrogens is 316 g/mol. The van der Waals surface area contributed by atoms with Gasteiger partial charge in [0, 0.05) is 36.9 Å². The fraction of sp³-hybridized carbons (Fsp3) is 0.312. The van der Waals surface area contributed by atoms with E-state index in [1.54, 1.807) is 11.3 Å². The molecular formula is C16H19ClN4S. The molecule has 1 saturated heterocycles. The number of piperazine rings is 1. The van der Waals surface area contributed by atoms with Crippen molar-refractivity contribution in [3.63, 3.8) is 0 Å². The molecule has 2 N–H and O–H groups in total. The normalized spacial score (nSPS) is 16.1. The lowest BCUT2D eigenvalue weighted by Gasteiger charge is -2.36. The molecule has 1 aromatic carbocycles. The topological polar surface area (TPSA) is 44.9 Å². The van der Waals surface area contributed by atoms with Crippen LogP contribution < -0.4 is 10.6 Å². The Hall–Kier alpha value is -1.72. The number of rotatable bonds is 3. The van der Waals surface area contributed by atoms with E-state index in [2.05, 4.69) is 43.8 Å². The van der Waals surface area contributed by atoms with Crippen LogP contribution in [0.15, 0.2) is 46.1 Å². The van der Waals surface area contributed by atoms with Crippen molar-refractivity contribution in [1.82, 2.24) is 4.90 Å². The zero-order valence-electron chi connectivity index (χ0n) is 12.3. The van der Waals surface area contributed by atoms with Gasteiger partial charge in [-0.25, -0.2) is 4.99 Å². The first kappa shape index (κ1) is 15.2. The molecule has 4 nitrogen and oxygen atoms in total. The smallest absolute Gasteiger partial charge is 0.191 e. The van der Waals surface area contributed by atoms with Crippen LogP contribution in [-0.2, 0) is 6.54 Å². The largest absolute Gasteiger partial charge is 0.370 e. The van der Waals surface area contributed by atoms with Crippen LogP contribution in [0.3, 0.4) is 0 Å². The third kappa shape index (κ3) is 3.72. The highest BCUT2D eigenvalue weighted by Crippen LogP contribution is 2.19. The molecule has 0 amide bonds. The van der Waals surface area contributed by atoms with Crippen LogP contribution in [0.25, 0.3) is 0 Å². The van der Waals surface area contributed by atoms with Crippen LogP contribution in [0.4, 0.5) is 5.69 Å². The van der Waals surface area contributed by atoms with Gasteiger partial charge in [-0.3, -0.25) is 0 Å². The summed E-state index contributed by atoms with van der Waals surface area (Å²) < 4.78 is 0. The van der Waals surface area contributed by atoms with Gasteiger partial charge in [-0.05, 0) is 46.7 Å². The van der Waals surface area contributed by atoms with E-state index in [1.807, 2.05) is 12.1 Å². The molecule has 0 spiro atoms. The molecule has 0 saturated carbocycles. The van der Waals surface area contributed by atoms with Crippen LogP contribution in [0.1, 0.15) is 5.56 Å². The van der Waals surface area contributed by atoms with Gasteiger partial charge in [0.05, 0.1) is 6.54 Å². The first-order valence-electron chi connectivity index (χ1n) is 7.29. The van der Waals surface area contributed by atoms with Crippen molar-refractivity contribution in [3.8, 4) is 0 Å². The molecule has 0 unspecified atom stereocenters. The summed E-state index contributed by atoms with van der Waals surface area (Å²) in [6, 6.07) is 10.1. The lowest BCUT2D eigenvalue weighted by atomic mass is 10.2. The van der Waals surface area contributed by atoms with Crippen molar-refractivity contribution in [1.29, 1.82) is 0 Å². The molecule has 116 valence electrons. The van der Waals surface area contributed by atoms with Crippen molar-refractivity contribution in [3.05, 3.63) is 51.7 Å². The maximum atomic E-state index is 6.11. The summed E-state index contributed by atoms with van der Waals surface area (Å²) in [4.78, 5) is 8.99. The van der Waals surface area contributed by atoms with Gasteiger partial charge in [-0.15, -0.1) is 0 Å². The van der Waals surface area contributed by atoms with Crippen molar-refractivity contribution < 1.29 is 0 Å². The summed E-state index contributed by atoms with van der Waals surface area (Å²) in [5, 5.41) is 4.94. The number of guanidine groups is 1. The van der Waals surface area contributed by atoms with E-state index >= 15 is 0 Å². The molecule has 3 rings (SSSR count). The number of halogens is 1. The minimum absolute atomic E-state index is 0.641. The Morgan fingerprint density at radius 2 is 1.86 bits per heavy atom. The first-order chi connectivity index (χ1) is 10.7. The van der Waals surface area contributed by atoms with E-state index < -0.39 is 0 Å². The van der Waals surface area contributed by atoms with Crippen LogP contribution in [0, 0.1) is 0 Å². The second kappa shape index (κ2) is 7.03. The molecule has 0 bridgehead atoms. The summed E-state index contributed by atoms with van der Waals surface area (Å²) in [7, 11) is 0. The number of hydrogen-bond donors (Lipinski definition) is 1. The van der Waals surface area contributed by atoms with E-state index in [-0.39, 0.29) is 0 Å². The number of anilines is 1. The molecule has 1 aliphatic rings. The molecule has 0 atom stereocenters. The Morgan fingerprint density at radius 1 is 1.14 bits per heavy atom. The average Bonchev–Trinajstić information content (AvgIpc) is 3.07. The van der Waals surface area contributed by atoms with E-state index in [1.165, 1.54) is 11.3 Å². The van der Waals surface area contributed by atoms with Gasteiger partial charge in [-0.1, -0.05) is 11.6 Å². The molecule has 22 heavy (non-hydrogen) atoms. The molecule has 2 aromatic rings. The predicted octanol–water partition coefficient (Wildman–Crippen LogP) is 3.04. The van der Waals surface area contributed by atoms with Crippen molar-refractivity contribution in [2.45, 2.75) is 6.54 Å². The fourth-order valence-electron chi connectivity index (χ4n) is 2.50. The number of thiophene rings is 1. The monoisotopic (exact) mass is 334 g/mol. The number of nitrogens with two attached hydrogens (primary N) is 1. The van der Waals surface area contributed by atoms with Crippen LogP contribution in [-0.4, -0.2) is 37.0 Å². The molecule has 1 fully saturated rings. The first-order valence-corrected chi connectivity index (χ1v) is 8.61. The fourth-order valence-corrected chi connectivity index (χ4v) is 3.29. The highest BCUT2D eigenvalue weighted by atomic mass is 35.5. The highest BCUT2D eigenvalue weighted by molar-refractivity contribution is 7.07. The Kier molecular flexibility index (Phi) is 4.85. The van der Waals surface area contributed by atoms with Gasteiger partial charge < -0.3 is 15.5 Å². The van der Waals surface area contributed by atoms with Crippen molar-refractivity contribution >= 4 is 34.6 Å². The summed E-state index contributed by atoms with van der Waals surface area (Å²) in [5.74, 6) is 0.641. The van der Waals surface area contributed by atoms with E-state index in [0.717, 1.165) is 31.2 Å². The molecule has 6 heteroatoms. The zero-order valence-corrected chi connectivity index (χ0v) is 13.9. The van der Waals surface area contributed by atoms with E-state index in [4.69, 9.17) is 17.3 Å². The summed E-state index contributed by atoms with van der Waals surface area (Å²) in [6.45, 7) is 4.32. The molecule has 1 aromatic heterocycles. The third-order valence-electron chi connectivity index (χ3n) is 3.80. The Balaban J connectivity index is 1.54. The van der Waals surface area contributed by atoms with Gasteiger partial charge in [0.25, 0.3) is 0 Å². The molecule has 1 aliphatic heterocycles. The minimum atomic E-state index is 0.641. The number of hydrogen-bond acceptors (Lipinski definition) is 3. The third-order valence-corrected chi connectivity index (χ3v) is 4.78. The highest BCUT2D eigenvalue weighted by Gasteiger charge is 2.18. The summed E-state index contributed by atoms with van der Waals surface area (Å²) in [6.07, 6.45) is 0. The number of aliphatic imine (C=N–C) groups is 1. The van der Waals surface area contributed by atoms with Gasteiger partial charge in [0.15, 0.2) is 5.96 Å². The van der Waals surface area contributed by atoms with Crippen LogP contribution >= 0.6 is 22.9 Å².